The van der Waals surface area contributed by atoms with Crippen molar-refractivity contribution in [1.29, 1.82) is 0 Å². The highest BCUT2D eigenvalue weighted by Gasteiger charge is 2.14. The van der Waals surface area contributed by atoms with Crippen molar-refractivity contribution in [2.75, 3.05) is 32.8 Å². The highest BCUT2D eigenvalue weighted by atomic mass is 16.5. The number of benzene rings is 2. The molecule has 2 aromatic carbocycles. The van der Waals surface area contributed by atoms with E-state index in [1.165, 1.54) is 5.56 Å². The Balaban J connectivity index is 1.33. The third-order valence-electron chi connectivity index (χ3n) is 5.68. The molecule has 0 radical (unpaired) electrons. The highest BCUT2D eigenvalue weighted by Crippen LogP contribution is 2.25. The first-order valence-corrected chi connectivity index (χ1v) is 10.5. The molecule has 2 aromatic heterocycles. The summed E-state index contributed by atoms with van der Waals surface area (Å²) in [5.41, 5.74) is 5.17. The van der Waals surface area contributed by atoms with Crippen LogP contribution in [0.2, 0.25) is 0 Å². The van der Waals surface area contributed by atoms with Crippen molar-refractivity contribution in [1.82, 2.24) is 24.6 Å². The summed E-state index contributed by atoms with van der Waals surface area (Å²) < 4.78 is 13.1. The van der Waals surface area contributed by atoms with Gasteiger partial charge in [-0.2, -0.15) is 4.98 Å². The number of aryl methyl sites for hydroxylation is 1. The van der Waals surface area contributed by atoms with Gasteiger partial charge in [0, 0.05) is 37.3 Å². The Bertz CT molecular complexity index is 1130. The first-order chi connectivity index (χ1) is 14.8. The van der Waals surface area contributed by atoms with Gasteiger partial charge in [-0.05, 0) is 42.3 Å². The Morgan fingerprint density at radius 3 is 2.57 bits per heavy atom. The van der Waals surface area contributed by atoms with Gasteiger partial charge in [0.25, 0.3) is 5.89 Å². The van der Waals surface area contributed by atoms with Crippen molar-refractivity contribution < 1.29 is 9.26 Å². The Labute approximate surface area is 175 Å². The van der Waals surface area contributed by atoms with E-state index in [0.717, 1.165) is 68.0 Å². The van der Waals surface area contributed by atoms with Crippen LogP contribution >= 0.6 is 0 Å². The molecular formula is C23H25N5O2. The molecule has 1 aliphatic heterocycles. The fourth-order valence-electron chi connectivity index (χ4n) is 3.80. The van der Waals surface area contributed by atoms with Crippen LogP contribution in [0.3, 0.4) is 0 Å². The first kappa shape index (κ1) is 19.0. The minimum absolute atomic E-state index is 0.531. The topological polar surface area (TPSA) is 69.2 Å². The van der Waals surface area contributed by atoms with Crippen molar-refractivity contribution in [3.63, 3.8) is 0 Å². The molecule has 0 spiro atoms. The van der Waals surface area contributed by atoms with Gasteiger partial charge < -0.3 is 13.8 Å². The predicted octanol–water partition coefficient (Wildman–Crippen LogP) is 3.65. The number of nitrogens with zero attached hydrogens (tertiary/aromatic N) is 5. The van der Waals surface area contributed by atoms with Crippen LogP contribution in [0.15, 0.2) is 53.3 Å². The zero-order valence-electron chi connectivity index (χ0n) is 17.1. The maximum absolute atomic E-state index is 5.50. The van der Waals surface area contributed by atoms with E-state index in [-0.39, 0.29) is 0 Å². The standard InChI is InChI=1S/C23H25N5O2/c1-2-17-3-5-18(6-4-17)23-25-22(26-30-23)19-7-8-21-20(15-19)24-16-28(21)10-9-27-11-13-29-14-12-27/h3-8,15-16H,2,9-14H2,1H3. The maximum atomic E-state index is 5.50. The number of ether oxygens (including phenoxy) is 1. The number of morpholine rings is 1. The summed E-state index contributed by atoms with van der Waals surface area (Å²) in [4.78, 5) is 11.6. The van der Waals surface area contributed by atoms with Crippen LogP contribution in [-0.2, 0) is 17.7 Å². The van der Waals surface area contributed by atoms with Gasteiger partial charge >= 0.3 is 0 Å². The van der Waals surface area contributed by atoms with Crippen molar-refractivity contribution in [2.45, 2.75) is 19.9 Å². The summed E-state index contributed by atoms with van der Waals surface area (Å²) >= 11 is 0. The average Bonchev–Trinajstić information content (AvgIpc) is 3.45. The Morgan fingerprint density at radius 1 is 0.967 bits per heavy atom. The van der Waals surface area contributed by atoms with Crippen LogP contribution in [0.5, 0.6) is 0 Å². The van der Waals surface area contributed by atoms with Crippen LogP contribution in [0.4, 0.5) is 0 Å². The Hall–Kier alpha value is -3.03. The van der Waals surface area contributed by atoms with Crippen LogP contribution in [-0.4, -0.2) is 57.4 Å². The quantitative estimate of drug-likeness (QED) is 0.490. The molecule has 30 heavy (non-hydrogen) atoms. The molecule has 4 aromatic rings. The number of hydrogen-bond donors (Lipinski definition) is 0. The molecule has 0 saturated carbocycles. The van der Waals surface area contributed by atoms with E-state index in [2.05, 4.69) is 49.7 Å². The second-order valence-electron chi connectivity index (χ2n) is 7.57. The van der Waals surface area contributed by atoms with Gasteiger partial charge in [-0.3, -0.25) is 4.90 Å². The van der Waals surface area contributed by atoms with E-state index in [9.17, 15) is 0 Å². The fraction of sp³-hybridized carbons (Fsp3) is 0.348. The van der Waals surface area contributed by atoms with Crippen molar-refractivity contribution in [3.8, 4) is 22.8 Å². The van der Waals surface area contributed by atoms with Crippen molar-refractivity contribution >= 4 is 11.0 Å². The molecule has 0 N–H and O–H groups in total. The molecule has 0 atom stereocenters. The SMILES string of the molecule is CCc1ccc(-c2nc(-c3ccc4c(c3)ncn4CCN3CCOCC3)no2)cc1. The van der Waals surface area contributed by atoms with Crippen LogP contribution < -0.4 is 0 Å². The molecular weight excluding hydrogens is 378 g/mol. The summed E-state index contributed by atoms with van der Waals surface area (Å²) in [6.45, 7) is 7.70. The smallest absolute Gasteiger partial charge is 0.258 e. The molecule has 154 valence electrons. The molecule has 0 bridgehead atoms. The van der Waals surface area contributed by atoms with Crippen molar-refractivity contribution in [3.05, 3.63) is 54.4 Å². The minimum atomic E-state index is 0.531. The van der Waals surface area contributed by atoms with Gasteiger partial charge in [0.15, 0.2) is 0 Å². The van der Waals surface area contributed by atoms with E-state index in [0.29, 0.717) is 11.7 Å². The lowest BCUT2D eigenvalue weighted by Crippen LogP contribution is -2.38. The second kappa shape index (κ2) is 8.38. The average molecular weight is 403 g/mol. The molecule has 1 aliphatic rings. The van der Waals surface area contributed by atoms with Gasteiger partial charge in [0.2, 0.25) is 5.82 Å². The summed E-state index contributed by atoms with van der Waals surface area (Å²) in [6.07, 6.45) is 2.92. The van der Waals surface area contributed by atoms with Gasteiger partial charge in [-0.15, -0.1) is 0 Å². The molecule has 7 nitrogen and oxygen atoms in total. The van der Waals surface area contributed by atoms with E-state index in [1.54, 1.807) is 0 Å². The number of hydrogen-bond acceptors (Lipinski definition) is 6. The molecule has 3 heterocycles. The fourth-order valence-corrected chi connectivity index (χ4v) is 3.80. The molecule has 0 amide bonds. The van der Waals surface area contributed by atoms with E-state index < -0.39 is 0 Å². The highest BCUT2D eigenvalue weighted by molar-refractivity contribution is 5.80. The number of fused-ring (bicyclic) bond motifs is 1. The third-order valence-corrected chi connectivity index (χ3v) is 5.68. The summed E-state index contributed by atoms with van der Waals surface area (Å²) in [7, 11) is 0. The molecule has 7 heteroatoms. The molecule has 1 saturated heterocycles. The predicted molar refractivity (Wildman–Crippen MR) is 115 cm³/mol. The van der Waals surface area contributed by atoms with Gasteiger partial charge in [-0.25, -0.2) is 4.98 Å². The monoisotopic (exact) mass is 403 g/mol. The largest absolute Gasteiger partial charge is 0.379 e. The third kappa shape index (κ3) is 3.86. The number of imidazole rings is 1. The zero-order chi connectivity index (χ0) is 20.3. The summed E-state index contributed by atoms with van der Waals surface area (Å²) in [6, 6.07) is 14.4. The molecule has 1 fully saturated rings. The first-order valence-electron chi connectivity index (χ1n) is 10.5. The summed E-state index contributed by atoms with van der Waals surface area (Å²) in [5, 5.41) is 4.18. The van der Waals surface area contributed by atoms with Crippen LogP contribution in [0, 0.1) is 0 Å². The van der Waals surface area contributed by atoms with E-state index in [4.69, 9.17) is 9.26 Å². The summed E-state index contributed by atoms with van der Waals surface area (Å²) in [5.74, 6) is 1.11. The lowest BCUT2D eigenvalue weighted by Gasteiger charge is -2.26. The van der Waals surface area contributed by atoms with E-state index in [1.807, 2.05) is 30.6 Å². The van der Waals surface area contributed by atoms with Gasteiger partial charge in [0.1, 0.15) is 0 Å². The van der Waals surface area contributed by atoms with Gasteiger partial charge in [0.05, 0.1) is 30.6 Å². The molecule has 0 unspecified atom stereocenters. The number of rotatable bonds is 6. The normalized spacial score (nSPS) is 15.1. The zero-order valence-corrected chi connectivity index (χ0v) is 17.1. The lowest BCUT2D eigenvalue weighted by molar-refractivity contribution is 0.0365. The Morgan fingerprint density at radius 2 is 1.77 bits per heavy atom. The van der Waals surface area contributed by atoms with Gasteiger partial charge in [-0.1, -0.05) is 24.2 Å². The molecule has 5 rings (SSSR count). The Kier molecular flexibility index (Phi) is 5.29. The maximum Gasteiger partial charge on any atom is 0.258 e. The minimum Gasteiger partial charge on any atom is -0.379 e. The lowest BCUT2D eigenvalue weighted by atomic mass is 10.1. The number of aromatic nitrogens is 4. The second-order valence-corrected chi connectivity index (χ2v) is 7.57. The molecule has 0 aliphatic carbocycles. The van der Waals surface area contributed by atoms with E-state index >= 15 is 0 Å². The van der Waals surface area contributed by atoms with Crippen LogP contribution in [0.1, 0.15) is 12.5 Å². The van der Waals surface area contributed by atoms with Crippen molar-refractivity contribution in [2.24, 2.45) is 0 Å². The van der Waals surface area contributed by atoms with Crippen LogP contribution in [0.25, 0.3) is 33.9 Å².